The molecule has 0 aliphatic carbocycles. The summed E-state index contributed by atoms with van der Waals surface area (Å²) >= 11 is 0. The first-order valence-corrected chi connectivity index (χ1v) is 9.21. The van der Waals surface area contributed by atoms with Crippen molar-refractivity contribution in [2.24, 2.45) is 4.99 Å². The summed E-state index contributed by atoms with van der Waals surface area (Å²) in [7, 11) is 3.44. The van der Waals surface area contributed by atoms with Crippen LogP contribution in [0.5, 0.6) is 0 Å². The summed E-state index contributed by atoms with van der Waals surface area (Å²) in [6.07, 6.45) is 4.19. The fourth-order valence-electron chi connectivity index (χ4n) is 2.48. The van der Waals surface area contributed by atoms with Crippen molar-refractivity contribution in [1.29, 1.82) is 0 Å². The largest absolute Gasteiger partial charge is 0.382 e. The molecule has 1 aromatic rings. The minimum Gasteiger partial charge on any atom is -0.382 e. The molecule has 0 fully saturated rings. The summed E-state index contributed by atoms with van der Waals surface area (Å²) in [4.78, 5) is 4.22. The van der Waals surface area contributed by atoms with Crippen LogP contribution in [0, 0.1) is 0 Å². The number of nitrogens with zero attached hydrogens (tertiary/aromatic N) is 2. The average molecular weight is 354 g/mol. The van der Waals surface area contributed by atoms with Gasteiger partial charge in [-0.05, 0) is 25.7 Å². The van der Waals surface area contributed by atoms with Crippen molar-refractivity contribution in [3.8, 4) is 0 Å². The van der Waals surface area contributed by atoms with Crippen LogP contribution < -0.4 is 10.6 Å². The van der Waals surface area contributed by atoms with Crippen LogP contribution in [-0.2, 0) is 16.0 Å². The molecule has 0 unspecified atom stereocenters. The van der Waals surface area contributed by atoms with E-state index in [1.165, 1.54) is 0 Å². The van der Waals surface area contributed by atoms with E-state index in [9.17, 15) is 0 Å². The smallest absolute Gasteiger partial charge is 0.191 e. The maximum absolute atomic E-state index is 5.43. The zero-order valence-corrected chi connectivity index (χ0v) is 16.1. The van der Waals surface area contributed by atoms with Gasteiger partial charge in [0.1, 0.15) is 0 Å². The second-order valence-corrected chi connectivity index (χ2v) is 5.90. The van der Waals surface area contributed by atoms with E-state index in [-0.39, 0.29) is 0 Å². The third-order valence-corrected chi connectivity index (χ3v) is 4.07. The fraction of sp³-hybridized carbons (Fsp3) is 0.778. The van der Waals surface area contributed by atoms with Crippen LogP contribution >= 0.6 is 0 Å². The van der Waals surface area contributed by atoms with Crippen LogP contribution in [0.15, 0.2) is 15.6 Å². The van der Waals surface area contributed by atoms with Gasteiger partial charge in [-0.25, -0.2) is 0 Å². The van der Waals surface area contributed by atoms with E-state index in [1.54, 1.807) is 14.2 Å². The highest BCUT2D eigenvalue weighted by Crippen LogP contribution is 2.22. The third kappa shape index (κ3) is 8.88. The Labute approximate surface area is 151 Å². The van der Waals surface area contributed by atoms with Crippen LogP contribution in [0.3, 0.4) is 0 Å². The first-order chi connectivity index (χ1) is 12.2. The number of methoxy groups -OCH3 is 1. The molecule has 1 heterocycles. The molecule has 0 radical (unpaired) electrons. The van der Waals surface area contributed by atoms with Gasteiger partial charge >= 0.3 is 0 Å². The second-order valence-electron chi connectivity index (χ2n) is 5.90. The molecule has 7 heteroatoms. The SMILES string of the molecule is CCC(CC)c1cc(CNC(=NC)NCCCCOCCOC)on1. The molecular weight excluding hydrogens is 320 g/mol. The molecule has 0 bridgehead atoms. The lowest BCUT2D eigenvalue weighted by atomic mass is 9.99. The molecule has 0 amide bonds. The molecule has 0 saturated carbocycles. The summed E-state index contributed by atoms with van der Waals surface area (Å²) in [6, 6.07) is 2.04. The van der Waals surface area contributed by atoms with Crippen molar-refractivity contribution < 1.29 is 14.0 Å². The predicted octanol–water partition coefficient (Wildman–Crippen LogP) is 2.69. The summed E-state index contributed by atoms with van der Waals surface area (Å²) in [6.45, 7) is 7.84. The van der Waals surface area contributed by atoms with Crippen LogP contribution in [0.25, 0.3) is 0 Å². The first-order valence-electron chi connectivity index (χ1n) is 9.21. The van der Waals surface area contributed by atoms with Gasteiger partial charge in [0.25, 0.3) is 0 Å². The van der Waals surface area contributed by atoms with Crippen LogP contribution in [0.1, 0.15) is 56.9 Å². The summed E-state index contributed by atoms with van der Waals surface area (Å²) in [5.74, 6) is 2.07. The van der Waals surface area contributed by atoms with Crippen LogP contribution in [0.4, 0.5) is 0 Å². The van der Waals surface area contributed by atoms with E-state index < -0.39 is 0 Å². The van der Waals surface area contributed by atoms with Gasteiger partial charge in [-0.15, -0.1) is 0 Å². The van der Waals surface area contributed by atoms with Crippen molar-refractivity contribution in [3.05, 3.63) is 17.5 Å². The van der Waals surface area contributed by atoms with Gasteiger partial charge in [0, 0.05) is 39.3 Å². The molecule has 25 heavy (non-hydrogen) atoms. The second kappa shape index (κ2) is 13.7. The number of rotatable bonds is 13. The summed E-state index contributed by atoms with van der Waals surface area (Å²) < 4.78 is 15.8. The Hall–Kier alpha value is -1.60. The molecule has 0 aliphatic rings. The lowest BCUT2D eigenvalue weighted by Gasteiger charge is -2.10. The number of aromatic nitrogens is 1. The normalized spacial score (nSPS) is 12.0. The molecule has 144 valence electrons. The minimum absolute atomic E-state index is 0.473. The van der Waals surface area contributed by atoms with Gasteiger partial charge in [-0.1, -0.05) is 19.0 Å². The monoisotopic (exact) mass is 354 g/mol. The fourth-order valence-corrected chi connectivity index (χ4v) is 2.48. The highest BCUT2D eigenvalue weighted by atomic mass is 16.5. The van der Waals surface area contributed by atoms with E-state index >= 15 is 0 Å². The number of nitrogens with one attached hydrogen (secondary N) is 2. The van der Waals surface area contributed by atoms with Gasteiger partial charge in [-0.2, -0.15) is 0 Å². The van der Waals surface area contributed by atoms with Crippen molar-refractivity contribution >= 4 is 5.96 Å². The van der Waals surface area contributed by atoms with Crippen molar-refractivity contribution in [1.82, 2.24) is 15.8 Å². The van der Waals surface area contributed by atoms with Gasteiger partial charge in [0.2, 0.25) is 0 Å². The highest BCUT2D eigenvalue weighted by Gasteiger charge is 2.13. The maximum atomic E-state index is 5.43. The topological polar surface area (TPSA) is 80.9 Å². The Morgan fingerprint density at radius 1 is 1.20 bits per heavy atom. The van der Waals surface area contributed by atoms with E-state index in [1.807, 2.05) is 6.07 Å². The average Bonchev–Trinajstić information content (AvgIpc) is 3.09. The van der Waals surface area contributed by atoms with Gasteiger partial charge in [0.05, 0.1) is 25.5 Å². The van der Waals surface area contributed by atoms with E-state index in [0.717, 1.165) is 56.2 Å². The Morgan fingerprint density at radius 2 is 2.00 bits per heavy atom. The minimum atomic E-state index is 0.473. The lowest BCUT2D eigenvalue weighted by Crippen LogP contribution is -2.37. The highest BCUT2D eigenvalue weighted by molar-refractivity contribution is 5.79. The zero-order chi connectivity index (χ0) is 18.3. The number of hydrogen-bond acceptors (Lipinski definition) is 5. The van der Waals surface area contributed by atoms with Crippen molar-refractivity contribution in [3.63, 3.8) is 0 Å². The number of aliphatic imine (C=N–C) groups is 1. The Balaban J connectivity index is 2.20. The quantitative estimate of drug-likeness (QED) is 0.322. The van der Waals surface area contributed by atoms with Crippen LogP contribution in [-0.4, -0.2) is 51.6 Å². The van der Waals surface area contributed by atoms with Crippen molar-refractivity contribution in [2.75, 3.05) is 40.5 Å². The number of hydrogen-bond donors (Lipinski definition) is 2. The molecule has 0 aliphatic heterocycles. The molecule has 7 nitrogen and oxygen atoms in total. The van der Waals surface area contributed by atoms with Crippen LogP contribution in [0.2, 0.25) is 0 Å². The van der Waals surface area contributed by atoms with Gasteiger partial charge in [0.15, 0.2) is 11.7 Å². The third-order valence-electron chi connectivity index (χ3n) is 4.07. The Bertz CT molecular complexity index is 473. The molecule has 0 aromatic carbocycles. The number of ether oxygens (including phenoxy) is 2. The molecule has 0 atom stereocenters. The van der Waals surface area contributed by atoms with E-state index in [2.05, 4.69) is 34.6 Å². The predicted molar refractivity (Wildman–Crippen MR) is 100.0 cm³/mol. The Kier molecular flexibility index (Phi) is 11.7. The number of guanidine groups is 1. The summed E-state index contributed by atoms with van der Waals surface area (Å²) in [5, 5.41) is 10.7. The molecule has 1 aromatic heterocycles. The van der Waals surface area contributed by atoms with E-state index in [0.29, 0.717) is 25.7 Å². The van der Waals surface area contributed by atoms with Gasteiger partial charge in [-0.3, -0.25) is 4.99 Å². The molecule has 2 N–H and O–H groups in total. The maximum Gasteiger partial charge on any atom is 0.191 e. The van der Waals surface area contributed by atoms with Gasteiger partial charge < -0.3 is 24.6 Å². The molecule has 0 saturated heterocycles. The standard InChI is InChI=1S/C18H34N4O3/c1-5-15(6-2)17-13-16(25-22-17)14-21-18(19-3)20-9-7-8-10-24-12-11-23-4/h13,15H,5-12,14H2,1-4H3,(H2,19,20,21). The Morgan fingerprint density at radius 3 is 2.68 bits per heavy atom. The molecule has 0 spiro atoms. The summed E-state index contributed by atoms with van der Waals surface area (Å²) in [5.41, 5.74) is 1.04. The first kappa shape index (κ1) is 21.4. The molecule has 1 rings (SSSR count). The van der Waals surface area contributed by atoms with E-state index in [4.69, 9.17) is 14.0 Å². The molecular formula is C18H34N4O3. The number of unbranched alkanes of at least 4 members (excludes halogenated alkanes) is 1. The zero-order valence-electron chi connectivity index (χ0n) is 16.1. The lowest BCUT2D eigenvalue weighted by molar-refractivity contribution is 0.0689. The van der Waals surface area contributed by atoms with Crippen molar-refractivity contribution in [2.45, 2.75) is 52.0 Å².